The van der Waals surface area contributed by atoms with Crippen molar-refractivity contribution in [3.05, 3.63) is 76.9 Å². The molecule has 0 fully saturated rings. The lowest BCUT2D eigenvalue weighted by atomic mass is 9.72. The van der Waals surface area contributed by atoms with Crippen LogP contribution >= 0.6 is 23.2 Å². The Morgan fingerprint density at radius 3 is 2.04 bits per heavy atom. The fourth-order valence-corrected chi connectivity index (χ4v) is 4.82. The predicted molar refractivity (Wildman–Crippen MR) is 112 cm³/mol. The van der Waals surface area contributed by atoms with Crippen LogP contribution in [0.4, 0.5) is 0 Å². The van der Waals surface area contributed by atoms with E-state index in [-0.39, 0.29) is 16.9 Å². The summed E-state index contributed by atoms with van der Waals surface area (Å²) >= 11 is 13.3. The Balaban J connectivity index is 2.30. The van der Waals surface area contributed by atoms with E-state index in [4.69, 9.17) is 23.2 Å². The number of carbonyl (C=O) groups is 1. The molecule has 28 heavy (non-hydrogen) atoms. The monoisotopic (exact) mass is 436 g/mol. The summed E-state index contributed by atoms with van der Waals surface area (Å²) < 4.78 is 21.9. The molecule has 0 atom stereocenters. The van der Waals surface area contributed by atoms with Crippen molar-refractivity contribution >= 4 is 50.2 Å². The van der Waals surface area contributed by atoms with Gasteiger partial charge in [-0.1, -0.05) is 72.6 Å². The number of hydrogen-bond acceptors (Lipinski definition) is 3. The van der Waals surface area contributed by atoms with E-state index in [0.29, 0.717) is 22.3 Å². The summed E-state index contributed by atoms with van der Waals surface area (Å²) in [4.78, 5) is 11.9. The van der Waals surface area contributed by atoms with Crippen molar-refractivity contribution in [2.24, 2.45) is 0 Å². The minimum Gasteiger partial charge on any atom is -0.478 e. The fourth-order valence-electron chi connectivity index (χ4n) is 3.36. The Bertz CT molecular complexity index is 1100. The molecule has 0 aliphatic heterocycles. The van der Waals surface area contributed by atoms with Crippen LogP contribution in [0.15, 0.2) is 70.6 Å². The summed E-state index contributed by atoms with van der Waals surface area (Å²) in [6, 6.07) is 15.5. The molecule has 146 valence electrons. The SMILES string of the molecule is CCC(C(=O)O)=C1C(c2ccccc2)=C(c2ccc(S(C)(=O)=O)cc2)C1(Cl)Cl. The molecule has 3 rings (SSSR count). The molecular formula is C21H18Cl2O4S. The summed E-state index contributed by atoms with van der Waals surface area (Å²) in [5, 5.41) is 9.62. The lowest BCUT2D eigenvalue weighted by molar-refractivity contribution is -0.132. The fraction of sp³-hybridized carbons (Fsp3) is 0.190. The number of aliphatic carboxylic acids is 1. The molecule has 4 nitrogen and oxygen atoms in total. The smallest absolute Gasteiger partial charge is 0.331 e. The first-order valence-electron chi connectivity index (χ1n) is 8.54. The van der Waals surface area contributed by atoms with Gasteiger partial charge in [-0.25, -0.2) is 13.2 Å². The van der Waals surface area contributed by atoms with Gasteiger partial charge in [0.25, 0.3) is 0 Å². The van der Waals surface area contributed by atoms with Crippen LogP contribution in [-0.4, -0.2) is 30.1 Å². The van der Waals surface area contributed by atoms with Crippen LogP contribution in [0.2, 0.25) is 0 Å². The number of carboxylic acid groups (broad SMARTS) is 1. The highest BCUT2D eigenvalue weighted by molar-refractivity contribution is 7.90. The van der Waals surface area contributed by atoms with E-state index in [0.717, 1.165) is 11.8 Å². The largest absolute Gasteiger partial charge is 0.478 e. The number of benzene rings is 2. The van der Waals surface area contributed by atoms with E-state index in [1.165, 1.54) is 12.1 Å². The summed E-state index contributed by atoms with van der Waals surface area (Å²) in [7, 11) is -3.34. The maximum Gasteiger partial charge on any atom is 0.331 e. The molecule has 0 radical (unpaired) electrons. The zero-order valence-corrected chi connectivity index (χ0v) is 17.6. The van der Waals surface area contributed by atoms with Crippen molar-refractivity contribution in [2.45, 2.75) is 22.6 Å². The molecule has 1 aliphatic rings. The maximum atomic E-state index is 11.8. The van der Waals surface area contributed by atoms with Crippen molar-refractivity contribution in [1.29, 1.82) is 0 Å². The molecule has 0 amide bonds. The molecule has 1 aliphatic carbocycles. The highest BCUT2D eigenvalue weighted by atomic mass is 35.5. The number of sulfone groups is 1. The van der Waals surface area contributed by atoms with Crippen molar-refractivity contribution in [2.75, 3.05) is 6.26 Å². The van der Waals surface area contributed by atoms with E-state index in [2.05, 4.69) is 0 Å². The topological polar surface area (TPSA) is 71.4 Å². The summed E-state index contributed by atoms with van der Waals surface area (Å²) in [6.07, 6.45) is 1.40. The lowest BCUT2D eigenvalue weighted by Gasteiger charge is -2.41. The molecule has 0 unspecified atom stereocenters. The van der Waals surface area contributed by atoms with Gasteiger partial charge in [-0.2, -0.15) is 0 Å². The van der Waals surface area contributed by atoms with Gasteiger partial charge in [-0.05, 0) is 35.3 Å². The molecule has 7 heteroatoms. The molecular weight excluding hydrogens is 419 g/mol. The van der Waals surface area contributed by atoms with Crippen molar-refractivity contribution in [3.63, 3.8) is 0 Å². The lowest BCUT2D eigenvalue weighted by Crippen LogP contribution is -2.33. The minimum atomic E-state index is -3.34. The molecule has 0 bridgehead atoms. The standard InChI is InChI=1S/C21H18Cl2O4S/c1-3-16(20(24)25)19-17(13-7-5-4-6-8-13)18(21(19,22)23)14-9-11-15(12-10-14)28(2,26)27/h4-12H,3H2,1-2H3,(H,24,25). The number of rotatable bonds is 5. The average Bonchev–Trinajstić information content (AvgIpc) is 2.64. The maximum absolute atomic E-state index is 11.8. The van der Waals surface area contributed by atoms with Gasteiger partial charge in [-0.3, -0.25) is 0 Å². The number of halogens is 2. The van der Waals surface area contributed by atoms with Crippen molar-refractivity contribution in [1.82, 2.24) is 0 Å². The summed E-state index contributed by atoms with van der Waals surface area (Å²) in [6.45, 7) is 1.74. The molecule has 0 aromatic heterocycles. The third kappa shape index (κ3) is 3.50. The molecule has 2 aromatic rings. The third-order valence-electron chi connectivity index (χ3n) is 4.68. The Morgan fingerprint density at radius 2 is 1.57 bits per heavy atom. The number of carboxylic acids is 1. The van der Waals surface area contributed by atoms with Gasteiger partial charge >= 0.3 is 5.97 Å². The molecule has 1 N–H and O–H groups in total. The van der Waals surface area contributed by atoms with Crippen LogP contribution in [0.1, 0.15) is 24.5 Å². The van der Waals surface area contributed by atoms with Gasteiger partial charge in [-0.15, -0.1) is 0 Å². The third-order valence-corrected chi connectivity index (χ3v) is 6.56. The quantitative estimate of drug-likeness (QED) is 0.529. The van der Waals surface area contributed by atoms with Crippen molar-refractivity contribution < 1.29 is 18.3 Å². The Morgan fingerprint density at radius 1 is 1.00 bits per heavy atom. The van der Waals surface area contributed by atoms with Crippen LogP contribution in [0, 0.1) is 0 Å². The Labute approximate surface area is 174 Å². The first kappa shape index (κ1) is 20.6. The molecule has 0 saturated heterocycles. The van der Waals surface area contributed by atoms with E-state index in [1.807, 2.05) is 30.3 Å². The van der Waals surface area contributed by atoms with Gasteiger partial charge in [0, 0.05) is 23.0 Å². The molecule has 0 heterocycles. The van der Waals surface area contributed by atoms with Gasteiger partial charge in [0.15, 0.2) is 14.2 Å². The van der Waals surface area contributed by atoms with Gasteiger partial charge in [0.1, 0.15) is 0 Å². The minimum absolute atomic E-state index is 0.153. The Kier molecular flexibility index (Phi) is 5.45. The molecule has 2 aromatic carbocycles. The van der Waals surface area contributed by atoms with Gasteiger partial charge in [0.05, 0.1) is 4.90 Å². The van der Waals surface area contributed by atoms with E-state index < -0.39 is 20.1 Å². The molecule has 0 saturated carbocycles. The second-order valence-corrected chi connectivity index (χ2v) is 9.84. The van der Waals surface area contributed by atoms with Crippen LogP contribution < -0.4 is 0 Å². The van der Waals surface area contributed by atoms with Gasteiger partial charge in [0.2, 0.25) is 0 Å². The van der Waals surface area contributed by atoms with Crippen LogP contribution in [0.25, 0.3) is 11.1 Å². The summed E-state index contributed by atoms with van der Waals surface area (Å²) in [5.41, 5.74) is 3.19. The second kappa shape index (κ2) is 7.39. The first-order valence-corrected chi connectivity index (χ1v) is 11.2. The highest BCUT2D eigenvalue weighted by Crippen LogP contribution is 2.61. The summed E-state index contributed by atoms with van der Waals surface area (Å²) in [5.74, 6) is -1.07. The molecule has 0 spiro atoms. The average molecular weight is 437 g/mol. The number of alkyl halides is 2. The van der Waals surface area contributed by atoms with E-state index in [9.17, 15) is 18.3 Å². The van der Waals surface area contributed by atoms with Crippen LogP contribution in [0.3, 0.4) is 0 Å². The zero-order valence-electron chi connectivity index (χ0n) is 15.2. The predicted octanol–water partition coefficient (Wildman–Crippen LogP) is 4.98. The van der Waals surface area contributed by atoms with E-state index >= 15 is 0 Å². The van der Waals surface area contributed by atoms with Crippen LogP contribution in [0.5, 0.6) is 0 Å². The van der Waals surface area contributed by atoms with Crippen molar-refractivity contribution in [3.8, 4) is 0 Å². The number of allylic oxidation sites excluding steroid dienone is 3. The Hall–Kier alpha value is -2.08. The van der Waals surface area contributed by atoms with Crippen LogP contribution in [-0.2, 0) is 14.6 Å². The van der Waals surface area contributed by atoms with Gasteiger partial charge < -0.3 is 5.11 Å². The van der Waals surface area contributed by atoms with E-state index in [1.54, 1.807) is 19.1 Å². The first-order chi connectivity index (χ1) is 13.1. The zero-order chi connectivity index (χ0) is 20.7. The normalized spacial score (nSPS) is 17.9. The number of hydrogen-bond donors (Lipinski definition) is 1. The second-order valence-electron chi connectivity index (χ2n) is 6.50. The highest BCUT2D eigenvalue weighted by Gasteiger charge is 2.50.